The number of benzene rings is 3. The maximum Gasteiger partial charge on any atom is 0.213 e. The Bertz CT molecular complexity index is 1150. The van der Waals surface area contributed by atoms with E-state index in [4.69, 9.17) is 19.3 Å². The topological polar surface area (TPSA) is 43.3 Å². The average Bonchev–Trinajstić information content (AvgIpc) is 3.34. The zero-order valence-electron chi connectivity index (χ0n) is 19.5. The fourth-order valence-corrected chi connectivity index (χ4v) is 4.39. The molecule has 174 valence electrons. The molecule has 0 fully saturated rings. The van der Waals surface area contributed by atoms with E-state index in [-0.39, 0.29) is 12.3 Å². The van der Waals surface area contributed by atoms with Crippen LogP contribution in [0.2, 0.25) is 0 Å². The van der Waals surface area contributed by atoms with Crippen LogP contribution in [0, 0.1) is 0 Å². The van der Waals surface area contributed by atoms with Gasteiger partial charge in [-0.1, -0.05) is 44.2 Å². The van der Waals surface area contributed by atoms with Crippen LogP contribution < -0.4 is 14.2 Å². The number of para-hydroxylation sites is 1. The van der Waals surface area contributed by atoms with E-state index in [1.807, 2.05) is 36.4 Å². The number of hydrazone groups is 1. The van der Waals surface area contributed by atoms with E-state index in [1.54, 1.807) is 6.08 Å². The number of hydrogen-bond donors (Lipinski definition) is 0. The number of unbranched alkanes of at least 4 members (excludes halogenated alkanes) is 1. The molecule has 0 saturated heterocycles. The van der Waals surface area contributed by atoms with E-state index in [0.717, 1.165) is 60.0 Å². The number of ether oxygens (including phenoxy) is 3. The summed E-state index contributed by atoms with van der Waals surface area (Å²) in [7, 11) is 0. The molecule has 5 rings (SSSR count). The van der Waals surface area contributed by atoms with E-state index >= 15 is 0 Å². The zero-order chi connectivity index (χ0) is 23.3. The van der Waals surface area contributed by atoms with Crippen LogP contribution in [-0.2, 0) is 0 Å². The third-order valence-corrected chi connectivity index (χ3v) is 6.19. The van der Waals surface area contributed by atoms with E-state index in [0.29, 0.717) is 6.61 Å². The molecule has 0 aliphatic carbocycles. The summed E-state index contributed by atoms with van der Waals surface area (Å²) >= 11 is 0. The highest BCUT2D eigenvalue weighted by Gasteiger charge is 2.40. The van der Waals surface area contributed by atoms with Gasteiger partial charge in [0.25, 0.3) is 0 Å². The lowest BCUT2D eigenvalue weighted by atomic mass is 9.96. The lowest BCUT2D eigenvalue weighted by Gasteiger charge is -2.38. The molecule has 0 saturated carbocycles. The van der Waals surface area contributed by atoms with Crippen molar-refractivity contribution in [3.8, 4) is 17.2 Å². The summed E-state index contributed by atoms with van der Waals surface area (Å²) in [5.74, 6) is 2.63. The Balaban J connectivity index is 1.42. The van der Waals surface area contributed by atoms with Crippen LogP contribution in [0.3, 0.4) is 0 Å². The minimum absolute atomic E-state index is 0.127. The van der Waals surface area contributed by atoms with Crippen LogP contribution in [0.5, 0.6) is 17.2 Å². The van der Waals surface area contributed by atoms with Crippen molar-refractivity contribution in [3.05, 3.63) is 102 Å². The summed E-state index contributed by atoms with van der Waals surface area (Å²) < 4.78 is 17.9. The molecular formula is C29H30N2O3. The second-order valence-corrected chi connectivity index (χ2v) is 8.55. The molecule has 3 aromatic carbocycles. The maximum absolute atomic E-state index is 6.47. The van der Waals surface area contributed by atoms with Gasteiger partial charge in [0.2, 0.25) is 6.23 Å². The van der Waals surface area contributed by atoms with Gasteiger partial charge in [0.05, 0.1) is 18.4 Å². The summed E-state index contributed by atoms with van der Waals surface area (Å²) in [5.41, 5.74) is 4.37. The maximum atomic E-state index is 6.47. The van der Waals surface area contributed by atoms with Crippen LogP contribution in [0.4, 0.5) is 0 Å². The van der Waals surface area contributed by atoms with Crippen LogP contribution in [0.15, 0.2) is 90.6 Å². The van der Waals surface area contributed by atoms with E-state index in [1.165, 1.54) is 5.56 Å². The van der Waals surface area contributed by atoms with Gasteiger partial charge < -0.3 is 14.2 Å². The molecule has 0 radical (unpaired) electrons. The number of hydrogen-bond acceptors (Lipinski definition) is 5. The second-order valence-electron chi connectivity index (χ2n) is 8.55. The fraction of sp³-hybridized carbons (Fsp3) is 0.276. The summed E-state index contributed by atoms with van der Waals surface area (Å²) in [6, 6.07) is 24.7. The van der Waals surface area contributed by atoms with Crippen molar-refractivity contribution in [3.63, 3.8) is 0 Å². The first kappa shape index (κ1) is 22.1. The van der Waals surface area contributed by atoms with E-state index in [9.17, 15) is 0 Å². The molecule has 0 unspecified atom stereocenters. The molecule has 2 heterocycles. The minimum atomic E-state index is -0.294. The van der Waals surface area contributed by atoms with Gasteiger partial charge in [0.1, 0.15) is 23.9 Å². The Morgan fingerprint density at radius 3 is 2.50 bits per heavy atom. The molecule has 5 heteroatoms. The van der Waals surface area contributed by atoms with E-state index < -0.39 is 0 Å². The smallest absolute Gasteiger partial charge is 0.213 e. The SMILES string of the molecule is C=CCOc1ccc(C2=NN3[C@H](C2)c2ccccc2O[C@H]3c2ccc(OCCCC)cc2)cc1. The molecule has 2 aliphatic rings. The molecule has 5 nitrogen and oxygen atoms in total. The predicted octanol–water partition coefficient (Wildman–Crippen LogP) is 6.67. The van der Waals surface area contributed by atoms with Crippen molar-refractivity contribution < 1.29 is 14.2 Å². The molecule has 0 N–H and O–H groups in total. The number of fused-ring (bicyclic) bond motifs is 3. The van der Waals surface area contributed by atoms with Gasteiger partial charge >= 0.3 is 0 Å². The molecule has 0 bridgehead atoms. The Hall–Kier alpha value is -3.73. The first-order chi connectivity index (χ1) is 16.8. The fourth-order valence-electron chi connectivity index (χ4n) is 4.39. The van der Waals surface area contributed by atoms with Crippen molar-refractivity contribution in [2.24, 2.45) is 5.10 Å². The Morgan fingerprint density at radius 2 is 1.74 bits per heavy atom. The normalized spacial score (nSPS) is 18.4. The highest BCUT2D eigenvalue weighted by molar-refractivity contribution is 6.02. The molecule has 0 aromatic heterocycles. The molecule has 3 aromatic rings. The third kappa shape index (κ3) is 4.51. The highest BCUT2D eigenvalue weighted by Crippen LogP contribution is 2.47. The van der Waals surface area contributed by atoms with Gasteiger partial charge in [0, 0.05) is 17.5 Å². The molecule has 0 amide bonds. The summed E-state index contributed by atoms with van der Waals surface area (Å²) in [6.07, 6.45) is 4.45. The van der Waals surface area contributed by atoms with Crippen LogP contribution in [0.25, 0.3) is 0 Å². The lowest BCUT2D eigenvalue weighted by molar-refractivity contribution is -0.0190. The van der Waals surface area contributed by atoms with Gasteiger partial charge in [-0.2, -0.15) is 5.10 Å². The molecular weight excluding hydrogens is 424 g/mol. The zero-order valence-corrected chi connectivity index (χ0v) is 19.5. The highest BCUT2D eigenvalue weighted by atomic mass is 16.5. The molecule has 34 heavy (non-hydrogen) atoms. The number of rotatable bonds is 9. The molecule has 0 spiro atoms. The van der Waals surface area contributed by atoms with Crippen LogP contribution in [-0.4, -0.2) is 23.9 Å². The molecule has 2 aliphatic heterocycles. The van der Waals surface area contributed by atoms with Gasteiger partial charge in [-0.05, 0) is 66.6 Å². The van der Waals surface area contributed by atoms with Crippen LogP contribution >= 0.6 is 0 Å². The van der Waals surface area contributed by atoms with Gasteiger partial charge in [-0.25, -0.2) is 5.01 Å². The quantitative estimate of drug-likeness (QED) is 0.267. The van der Waals surface area contributed by atoms with Crippen molar-refractivity contribution in [2.75, 3.05) is 13.2 Å². The Kier molecular flexibility index (Phi) is 6.52. The summed E-state index contributed by atoms with van der Waals surface area (Å²) in [5, 5.41) is 7.15. The number of nitrogens with zero attached hydrogens (tertiary/aromatic N) is 2. The average molecular weight is 455 g/mol. The van der Waals surface area contributed by atoms with Crippen molar-refractivity contribution in [1.82, 2.24) is 5.01 Å². The lowest BCUT2D eigenvalue weighted by Crippen LogP contribution is -2.33. The van der Waals surface area contributed by atoms with Crippen LogP contribution in [0.1, 0.15) is 55.1 Å². The first-order valence-electron chi connectivity index (χ1n) is 11.9. The van der Waals surface area contributed by atoms with Crippen molar-refractivity contribution in [1.29, 1.82) is 0 Å². The van der Waals surface area contributed by atoms with E-state index in [2.05, 4.69) is 54.9 Å². The largest absolute Gasteiger partial charge is 0.494 e. The summed E-state index contributed by atoms with van der Waals surface area (Å²) in [6.45, 7) is 7.10. The van der Waals surface area contributed by atoms with Gasteiger partial charge in [-0.15, -0.1) is 0 Å². The minimum Gasteiger partial charge on any atom is -0.494 e. The third-order valence-electron chi connectivity index (χ3n) is 6.19. The van der Waals surface area contributed by atoms with Gasteiger partial charge in [-0.3, -0.25) is 0 Å². The summed E-state index contributed by atoms with van der Waals surface area (Å²) in [4.78, 5) is 0. The van der Waals surface area contributed by atoms with Crippen molar-refractivity contribution >= 4 is 5.71 Å². The van der Waals surface area contributed by atoms with Crippen molar-refractivity contribution in [2.45, 2.75) is 38.5 Å². The standard InChI is InChI=1S/C29H30N2O3/c1-3-5-19-33-24-16-12-22(13-17-24)29-31-27(25-8-6-7-9-28(25)34-29)20-26(30-31)21-10-14-23(15-11-21)32-18-4-2/h4,6-17,27,29H,2-3,5,18-20H2,1H3/t27-,29+/m1/s1. The second kappa shape index (κ2) is 10.0. The molecule has 2 atom stereocenters. The Morgan fingerprint density at radius 1 is 1.00 bits per heavy atom. The Labute approximate surface area is 201 Å². The first-order valence-corrected chi connectivity index (χ1v) is 11.9. The van der Waals surface area contributed by atoms with Gasteiger partial charge in [0.15, 0.2) is 0 Å². The monoisotopic (exact) mass is 454 g/mol. The predicted molar refractivity (Wildman–Crippen MR) is 135 cm³/mol.